The largest absolute Gasteiger partial charge is 0.352 e. The number of benzene rings is 1. The summed E-state index contributed by atoms with van der Waals surface area (Å²) < 4.78 is 12.6. The predicted octanol–water partition coefficient (Wildman–Crippen LogP) is 1.73. The summed E-state index contributed by atoms with van der Waals surface area (Å²) in [7, 11) is 0. The maximum atomic E-state index is 12.6. The van der Waals surface area contributed by atoms with Gasteiger partial charge in [-0.05, 0) is 30.2 Å². The lowest BCUT2D eigenvalue weighted by atomic mass is 10.1. The van der Waals surface area contributed by atoms with Gasteiger partial charge in [0.15, 0.2) is 0 Å². The molecule has 2 rings (SSSR count). The van der Waals surface area contributed by atoms with Crippen LogP contribution in [0.25, 0.3) is 6.08 Å². The van der Waals surface area contributed by atoms with Crippen LogP contribution < -0.4 is 5.32 Å². The van der Waals surface area contributed by atoms with Crippen molar-refractivity contribution < 1.29 is 9.18 Å². The van der Waals surface area contributed by atoms with Gasteiger partial charge in [0.05, 0.1) is 0 Å². The summed E-state index contributed by atoms with van der Waals surface area (Å²) in [4.78, 5) is 11.2. The molecule has 1 aromatic rings. The molecule has 0 spiro atoms. The van der Waals surface area contributed by atoms with Gasteiger partial charge in [0.1, 0.15) is 5.82 Å². The number of hydrogen-bond acceptors (Lipinski definition) is 1. The first kappa shape index (κ1) is 8.94. The van der Waals surface area contributed by atoms with E-state index in [1.807, 2.05) is 0 Å². The standard InChI is InChI=1S/C11H10FNO/c12-10-3-1-8(2-4-10)7-9-5-6-13-11(9)14/h1-4,7H,5-6H2,(H,13,14)/b9-7-. The second-order valence-electron chi connectivity index (χ2n) is 3.23. The van der Waals surface area contributed by atoms with E-state index in [9.17, 15) is 9.18 Å². The normalized spacial score (nSPS) is 18.6. The zero-order valence-electron chi connectivity index (χ0n) is 7.59. The molecular formula is C11H10FNO. The minimum atomic E-state index is -0.261. The van der Waals surface area contributed by atoms with E-state index in [-0.39, 0.29) is 11.7 Å². The van der Waals surface area contributed by atoms with Gasteiger partial charge < -0.3 is 5.32 Å². The molecule has 1 aliphatic heterocycles. The topological polar surface area (TPSA) is 29.1 Å². The van der Waals surface area contributed by atoms with E-state index in [2.05, 4.69) is 5.32 Å². The summed E-state index contributed by atoms with van der Waals surface area (Å²) in [5, 5.41) is 2.72. The van der Waals surface area contributed by atoms with Crippen LogP contribution in [0.3, 0.4) is 0 Å². The Balaban J connectivity index is 2.24. The second kappa shape index (κ2) is 3.62. The van der Waals surface area contributed by atoms with Gasteiger partial charge in [-0.15, -0.1) is 0 Å². The van der Waals surface area contributed by atoms with E-state index in [1.165, 1.54) is 12.1 Å². The SMILES string of the molecule is O=C1NCC/C1=C/c1ccc(F)cc1. The van der Waals surface area contributed by atoms with Crippen molar-refractivity contribution in [1.29, 1.82) is 0 Å². The summed E-state index contributed by atoms with van der Waals surface area (Å²) >= 11 is 0. The van der Waals surface area contributed by atoms with E-state index in [1.54, 1.807) is 18.2 Å². The molecule has 0 unspecified atom stereocenters. The smallest absolute Gasteiger partial charge is 0.247 e. The minimum Gasteiger partial charge on any atom is -0.352 e. The van der Waals surface area contributed by atoms with Crippen LogP contribution in [0.2, 0.25) is 0 Å². The van der Waals surface area contributed by atoms with Crippen molar-refractivity contribution >= 4 is 12.0 Å². The lowest BCUT2D eigenvalue weighted by Gasteiger charge is -1.95. The third kappa shape index (κ3) is 1.82. The molecule has 1 aromatic carbocycles. The number of carbonyl (C=O) groups is 1. The van der Waals surface area contributed by atoms with Crippen molar-refractivity contribution in [3.8, 4) is 0 Å². The molecule has 0 bridgehead atoms. The molecule has 1 heterocycles. The first-order chi connectivity index (χ1) is 6.75. The quantitative estimate of drug-likeness (QED) is 0.673. The van der Waals surface area contributed by atoms with Crippen LogP contribution in [-0.2, 0) is 4.79 Å². The molecule has 1 aliphatic rings. The molecule has 0 radical (unpaired) electrons. The summed E-state index contributed by atoms with van der Waals surface area (Å²) in [5.41, 5.74) is 1.62. The molecular weight excluding hydrogens is 181 g/mol. The van der Waals surface area contributed by atoms with Crippen LogP contribution in [0, 0.1) is 5.82 Å². The van der Waals surface area contributed by atoms with Crippen LogP contribution in [0.1, 0.15) is 12.0 Å². The average Bonchev–Trinajstić information content (AvgIpc) is 2.56. The van der Waals surface area contributed by atoms with Gasteiger partial charge in [-0.2, -0.15) is 0 Å². The molecule has 0 aromatic heterocycles. The molecule has 3 heteroatoms. The fraction of sp³-hybridized carbons (Fsp3) is 0.182. The monoisotopic (exact) mass is 191 g/mol. The number of halogens is 1. The van der Waals surface area contributed by atoms with Crippen LogP contribution in [0.5, 0.6) is 0 Å². The Hall–Kier alpha value is -1.64. The van der Waals surface area contributed by atoms with Crippen molar-refractivity contribution in [2.24, 2.45) is 0 Å². The molecule has 2 nitrogen and oxygen atoms in total. The number of rotatable bonds is 1. The highest BCUT2D eigenvalue weighted by molar-refractivity contribution is 5.99. The molecule has 1 fully saturated rings. The highest BCUT2D eigenvalue weighted by Crippen LogP contribution is 2.13. The molecule has 1 amide bonds. The lowest BCUT2D eigenvalue weighted by molar-refractivity contribution is -0.116. The number of amides is 1. The first-order valence-electron chi connectivity index (χ1n) is 4.50. The molecule has 0 aliphatic carbocycles. The Bertz CT molecular complexity index is 381. The van der Waals surface area contributed by atoms with Crippen molar-refractivity contribution in [3.63, 3.8) is 0 Å². The van der Waals surface area contributed by atoms with E-state index >= 15 is 0 Å². The Morgan fingerprint density at radius 3 is 2.57 bits per heavy atom. The fourth-order valence-corrected chi connectivity index (χ4v) is 1.44. The minimum absolute atomic E-state index is 0.0191. The second-order valence-corrected chi connectivity index (χ2v) is 3.23. The van der Waals surface area contributed by atoms with Gasteiger partial charge in [0, 0.05) is 12.1 Å². The van der Waals surface area contributed by atoms with E-state index in [4.69, 9.17) is 0 Å². The summed E-state index contributed by atoms with van der Waals surface area (Å²) in [6, 6.07) is 6.10. The van der Waals surface area contributed by atoms with Gasteiger partial charge in [-0.25, -0.2) is 4.39 Å². The zero-order valence-corrected chi connectivity index (χ0v) is 7.59. The van der Waals surface area contributed by atoms with E-state index in [0.29, 0.717) is 6.54 Å². The highest BCUT2D eigenvalue weighted by atomic mass is 19.1. The Labute approximate surface area is 81.4 Å². The molecule has 0 atom stereocenters. The number of carbonyl (C=O) groups excluding carboxylic acids is 1. The maximum Gasteiger partial charge on any atom is 0.247 e. The van der Waals surface area contributed by atoms with Crippen molar-refractivity contribution in [1.82, 2.24) is 5.32 Å². The Morgan fingerprint density at radius 2 is 2.00 bits per heavy atom. The summed E-state index contributed by atoms with van der Waals surface area (Å²) in [6.07, 6.45) is 2.54. The maximum absolute atomic E-state index is 12.6. The van der Waals surface area contributed by atoms with Gasteiger partial charge in [-0.1, -0.05) is 12.1 Å². The van der Waals surface area contributed by atoms with Gasteiger partial charge in [0.2, 0.25) is 5.91 Å². The Kier molecular flexibility index (Phi) is 2.31. The van der Waals surface area contributed by atoms with Crippen molar-refractivity contribution in [2.45, 2.75) is 6.42 Å². The van der Waals surface area contributed by atoms with Gasteiger partial charge >= 0.3 is 0 Å². The third-order valence-electron chi connectivity index (χ3n) is 2.18. The van der Waals surface area contributed by atoms with Crippen LogP contribution in [0.4, 0.5) is 4.39 Å². The molecule has 1 saturated heterocycles. The van der Waals surface area contributed by atoms with Crippen molar-refractivity contribution in [3.05, 3.63) is 41.2 Å². The lowest BCUT2D eigenvalue weighted by Crippen LogP contribution is -2.13. The van der Waals surface area contributed by atoms with Crippen LogP contribution in [-0.4, -0.2) is 12.5 Å². The number of nitrogens with one attached hydrogen (secondary N) is 1. The van der Waals surface area contributed by atoms with E-state index in [0.717, 1.165) is 17.6 Å². The molecule has 14 heavy (non-hydrogen) atoms. The van der Waals surface area contributed by atoms with Crippen LogP contribution in [0.15, 0.2) is 29.8 Å². The molecule has 0 saturated carbocycles. The predicted molar refractivity (Wildman–Crippen MR) is 52.0 cm³/mol. The zero-order chi connectivity index (χ0) is 9.97. The average molecular weight is 191 g/mol. The number of hydrogen-bond donors (Lipinski definition) is 1. The third-order valence-corrected chi connectivity index (χ3v) is 2.18. The first-order valence-corrected chi connectivity index (χ1v) is 4.50. The Morgan fingerprint density at radius 1 is 1.29 bits per heavy atom. The van der Waals surface area contributed by atoms with E-state index < -0.39 is 0 Å². The van der Waals surface area contributed by atoms with Gasteiger partial charge in [0.25, 0.3) is 0 Å². The van der Waals surface area contributed by atoms with Crippen LogP contribution >= 0.6 is 0 Å². The van der Waals surface area contributed by atoms with Crippen molar-refractivity contribution in [2.75, 3.05) is 6.54 Å². The highest BCUT2D eigenvalue weighted by Gasteiger charge is 2.15. The fourth-order valence-electron chi connectivity index (χ4n) is 1.44. The summed E-state index contributed by atoms with van der Waals surface area (Å²) in [6.45, 7) is 0.700. The molecule has 72 valence electrons. The molecule has 1 N–H and O–H groups in total. The van der Waals surface area contributed by atoms with Gasteiger partial charge in [-0.3, -0.25) is 4.79 Å². The summed E-state index contributed by atoms with van der Waals surface area (Å²) in [5.74, 6) is -0.280.